The number of hydrogen-bond donors (Lipinski definition) is 0. The summed E-state index contributed by atoms with van der Waals surface area (Å²) in [6.45, 7) is 0. The predicted molar refractivity (Wildman–Crippen MR) is 85.3 cm³/mol. The first-order valence-corrected chi connectivity index (χ1v) is 6.98. The Morgan fingerprint density at radius 1 is 0.955 bits per heavy atom. The molecule has 5 nitrogen and oxygen atoms in total. The van der Waals surface area contributed by atoms with E-state index in [-0.39, 0.29) is 0 Å². The van der Waals surface area contributed by atoms with Crippen LogP contribution in [0.4, 0.5) is 0 Å². The van der Waals surface area contributed by atoms with Gasteiger partial charge in [0.1, 0.15) is 5.65 Å². The van der Waals surface area contributed by atoms with Crippen LogP contribution in [-0.4, -0.2) is 30.7 Å². The molecule has 0 fully saturated rings. The minimum Gasteiger partial charge on any atom is -0.493 e. The van der Waals surface area contributed by atoms with Crippen LogP contribution in [0, 0.1) is 0 Å². The molecule has 0 bridgehead atoms. The fourth-order valence-electron chi connectivity index (χ4n) is 2.33. The molecule has 0 aliphatic carbocycles. The monoisotopic (exact) mass is 318 g/mol. The lowest BCUT2D eigenvalue weighted by Gasteiger charge is -2.13. The number of fused-ring (bicyclic) bond motifs is 1. The van der Waals surface area contributed by atoms with E-state index < -0.39 is 0 Å². The van der Waals surface area contributed by atoms with Gasteiger partial charge in [0, 0.05) is 18.0 Å². The van der Waals surface area contributed by atoms with Crippen LogP contribution in [0.1, 0.15) is 0 Å². The number of methoxy groups -OCH3 is 3. The molecule has 6 heteroatoms. The molecule has 114 valence electrons. The number of imidazole rings is 1. The minimum absolute atomic E-state index is 0.556. The van der Waals surface area contributed by atoms with E-state index in [0.29, 0.717) is 22.3 Å². The SMILES string of the molecule is COc1cc(-c2cn3cc(Cl)ccc3n2)cc(OC)c1OC. The largest absolute Gasteiger partial charge is 0.493 e. The predicted octanol–water partition coefficient (Wildman–Crippen LogP) is 3.68. The number of halogens is 1. The summed E-state index contributed by atoms with van der Waals surface area (Å²) in [6.07, 6.45) is 3.72. The van der Waals surface area contributed by atoms with E-state index >= 15 is 0 Å². The van der Waals surface area contributed by atoms with E-state index in [1.165, 1.54) is 0 Å². The maximum Gasteiger partial charge on any atom is 0.203 e. The third-order valence-electron chi connectivity index (χ3n) is 3.38. The number of aromatic nitrogens is 2. The van der Waals surface area contributed by atoms with Gasteiger partial charge in [-0.25, -0.2) is 4.98 Å². The van der Waals surface area contributed by atoms with Crippen molar-refractivity contribution < 1.29 is 14.2 Å². The van der Waals surface area contributed by atoms with Gasteiger partial charge < -0.3 is 18.6 Å². The van der Waals surface area contributed by atoms with Gasteiger partial charge in [-0.3, -0.25) is 0 Å². The van der Waals surface area contributed by atoms with E-state index in [0.717, 1.165) is 16.9 Å². The molecule has 0 atom stereocenters. The summed E-state index contributed by atoms with van der Waals surface area (Å²) in [4.78, 5) is 4.58. The fourth-order valence-corrected chi connectivity index (χ4v) is 2.50. The topological polar surface area (TPSA) is 45.0 Å². The highest BCUT2D eigenvalue weighted by atomic mass is 35.5. The second-order valence-corrected chi connectivity index (χ2v) is 5.09. The van der Waals surface area contributed by atoms with Crippen molar-refractivity contribution >= 4 is 17.2 Å². The summed E-state index contributed by atoms with van der Waals surface area (Å²) in [7, 11) is 4.75. The lowest BCUT2D eigenvalue weighted by Crippen LogP contribution is -1.95. The Hall–Kier alpha value is -2.40. The van der Waals surface area contributed by atoms with E-state index in [1.807, 2.05) is 41.1 Å². The van der Waals surface area contributed by atoms with Crippen LogP contribution < -0.4 is 14.2 Å². The molecule has 0 saturated carbocycles. The smallest absolute Gasteiger partial charge is 0.203 e. The molecule has 22 heavy (non-hydrogen) atoms. The quantitative estimate of drug-likeness (QED) is 0.736. The Morgan fingerprint density at radius 2 is 1.64 bits per heavy atom. The maximum atomic E-state index is 6.00. The maximum absolute atomic E-state index is 6.00. The summed E-state index contributed by atoms with van der Waals surface area (Å²) in [5.74, 6) is 1.74. The van der Waals surface area contributed by atoms with Gasteiger partial charge in [0.05, 0.1) is 32.0 Å². The van der Waals surface area contributed by atoms with Gasteiger partial charge in [-0.15, -0.1) is 0 Å². The van der Waals surface area contributed by atoms with Gasteiger partial charge in [-0.2, -0.15) is 0 Å². The zero-order valence-corrected chi connectivity index (χ0v) is 13.2. The Kier molecular flexibility index (Phi) is 3.81. The molecule has 1 aromatic carbocycles. The average molecular weight is 319 g/mol. The summed E-state index contributed by atoms with van der Waals surface area (Å²) >= 11 is 6.00. The highest BCUT2D eigenvalue weighted by Crippen LogP contribution is 2.40. The molecular formula is C16H15ClN2O3. The van der Waals surface area contributed by atoms with Crippen LogP contribution in [0.3, 0.4) is 0 Å². The van der Waals surface area contributed by atoms with Crippen molar-refractivity contribution in [3.8, 4) is 28.5 Å². The number of rotatable bonds is 4. The van der Waals surface area contributed by atoms with Gasteiger partial charge in [-0.05, 0) is 24.3 Å². The molecule has 0 N–H and O–H groups in total. The summed E-state index contributed by atoms with van der Waals surface area (Å²) in [5, 5.41) is 0.654. The number of hydrogen-bond acceptors (Lipinski definition) is 4. The first-order chi connectivity index (χ1) is 10.7. The number of ether oxygens (including phenoxy) is 3. The Morgan fingerprint density at radius 3 is 2.23 bits per heavy atom. The molecule has 3 rings (SSSR count). The molecule has 0 unspecified atom stereocenters. The first-order valence-electron chi connectivity index (χ1n) is 6.61. The molecule has 2 heterocycles. The van der Waals surface area contributed by atoms with Crippen molar-refractivity contribution in [1.29, 1.82) is 0 Å². The summed E-state index contributed by atoms with van der Waals surface area (Å²) < 4.78 is 18.0. The van der Waals surface area contributed by atoms with E-state index in [2.05, 4.69) is 4.98 Å². The fraction of sp³-hybridized carbons (Fsp3) is 0.188. The molecule has 0 aliphatic heterocycles. The van der Waals surface area contributed by atoms with Crippen LogP contribution in [-0.2, 0) is 0 Å². The van der Waals surface area contributed by atoms with Gasteiger partial charge in [0.2, 0.25) is 5.75 Å². The van der Waals surface area contributed by atoms with Gasteiger partial charge in [0.25, 0.3) is 0 Å². The highest BCUT2D eigenvalue weighted by Gasteiger charge is 2.15. The lowest BCUT2D eigenvalue weighted by molar-refractivity contribution is 0.324. The summed E-state index contributed by atoms with van der Waals surface area (Å²) in [6, 6.07) is 7.40. The van der Waals surface area contributed by atoms with Gasteiger partial charge in [0.15, 0.2) is 11.5 Å². The standard InChI is InChI=1S/C16H15ClN2O3/c1-20-13-6-10(7-14(21-2)16(13)22-3)12-9-19-8-11(17)4-5-15(19)18-12/h4-9H,1-3H3. The summed E-state index contributed by atoms with van der Waals surface area (Å²) in [5.41, 5.74) is 2.48. The van der Waals surface area contributed by atoms with Gasteiger partial charge in [-0.1, -0.05) is 11.6 Å². The van der Waals surface area contributed by atoms with Crippen molar-refractivity contribution in [3.63, 3.8) is 0 Å². The molecule has 0 spiro atoms. The molecule has 0 amide bonds. The third-order valence-corrected chi connectivity index (χ3v) is 3.60. The lowest BCUT2D eigenvalue weighted by atomic mass is 10.1. The van der Waals surface area contributed by atoms with Crippen molar-refractivity contribution in [2.24, 2.45) is 0 Å². The van der Waals surface area contributed by atoms with E-state index in [4.69, 9.17) is 25.8 Å². The van der Waals surface area contributed by atoms with Crippen molar-refractivity contribution in [1.82, 2.24) is 9.38 Å². The zero-order chi connectivity index (χ0) is 15.7. The average Bonchev–Trinajstić information content (AvgIpc) is 2.96. The zero-order valence-electron chi connectivity index (χ0n) is 12.5. The second kappa shape index (κ2) is 5.77. The minimum atomic E-state index is 0.556. The van der Waals surface area contributed by atoms with E-state index in [1.54, 1.807) is 21.3 Å². The Balaban J connectivity index is 2.17. The van der Waals surface area contributed by atoms with E-state index in [9.17, 15) is 0 Å². The number of benzene rings is 1. The van der Waals surface area contributed by atoms with Crippen molar-refractivity contribution in [2.75, 3.05) is 21.3 Å². The van der Waals surface area contributed by atoms with Crippen LogP contribution in [0.2, 0.25) is 5.02 Å². The number of pyridine rings is 1. The second-order valence-electron chi connectivity index (χ2n) is 4.65. The molecule has 3 aromatic rings. The van der Waals surface area contributed by atoms with Crippen LogP contribution in [0.5, 0.6) is 17.2 Å². The van der Waals surface area contributed by atoms with Crippen molar-refractivity contribution in [2.45, 2.75) is 0 Å². The molecule has 0 saturated heterocycles. The normalized spacial score (nSPS) is 10.7. The highest BCUT2D eigenvalue weighted by molar-refractivity contribution is 6.30. The van der Waals surface area contributed by atoms with Crippen molar-refractivity contribution in [3.05, 3.63) is 41.7 Å². The van der Waals surface area contributed by atoms with Crippen LogP contribution in [0.25, 0.3) is 16.9 Å². The van der Waals surface area contributed by atoms with Crippen LogP contribution >= 0.6 is 11.6 Å². The molecule has 2 aromatic heterocycles. The van der Waals surface area contributed by atoms with Gasteiger partial charge >= 0.3 is 0 Å². The molecule has 0 radical (unpaired) electrons. The first kappa shape index (κ1) is 14.5. The Bertz CT molecular complexity index is 804. The number of nitrogens with zero attached hydrogens (tertiary/aromatic N) is 2. The third kappa shape index (κ3) is 2.44. The molecular weight excluding hydrogens is 304 g/mol. The molecule has 0 aliphatic rings. The van der Waals surface area contributed by atoms with Crippen LogP contribution in [0.15, 0.2) is 36.7 Å². The Labute approximate surface area is 133 Å².